The lowest BCUT2D eigenvalue weighted by Crippen LogP contribution is -2.21. The first-order valence-corrected chi connectivity index (χ1v) is 10.6. The molecule has 0 fully saturated rings. The maximum Gasteiger partial charge on any atom is 0.349 e. The zero-order valence-electron chi connectivity index (χ0n) is 17.0. The Balaban J connectivity index is 1.46. The molecule has 0 radical (unpaired) electrons. The van der Waals surface area contributed by atoms with Gasteiger partial charge in [0.25, 0.3) is 5.91 Å². The molecule has 0 unspecified atom stereocenters. The van der Waals surface area contributed by atoms with E-state index in [0.717, 1.165) is 4.47 Å². The Morgan fingerprint density at radius 2 is 1.64 bits per heavy atom. The van der Waals surface area contributed by atoms with E-state index in [-0.39, 0.29) is 22.6 Å². The number of Topliss-reactive ketones (excluding diaryl/α,β-unsaturated/α-hetero) is 1. The molecule has 1 N–H and O–H groups in total. The molecule has 0 aliphatic rings. The third kappa shape index (κ3) is 5.24. The molecule has 1 aromatic heterocycles. The van der Waals surface area contributed by atoms with Crippen LogP contribution in [0.2, 0.25) is 0 Å². The molecule has 1 heterocycles. The van der Waals surface area contributed by atoms with Crippen LogP contribution in [0.25, 0.3) is 11.0 Å². The van der Waals surface area contributed by atoms with Gasteiger partial charge in [0.2, 0.25) is 0 Å². The molecule has 0 bridgehead atoms. The largest absolute Gasteiger partial charge is 0.454 e. The van der Waals surface area contributed by atoms with Crippen LogP contribution in [-0.4, -0.2) is 24.3 Å². The summed E-state index contributed by atoms with van der Waals surface area (Å²) in [5, 5.41) is 3.16. The van der Waals surface area contributed by atoms with Crippen LogP contribution in [0.15, 0.2) is 92.5 Å². The maximum absolute atomic E-state index is 12.7. The van der Waals surface area contributed by atoms with Crippen LogP contribution >= 0.6 is 15.9 Å². The van der Waals surface area contributed by atoms with E-state index in [1.807, 2.05) is 0 Å². The lowest BCUT2D eigenvalue weighted by molar-refractivity contribution is 0.0474. The number of rotatable bonds is 6. The molecule has 4 aromatic rings. The summed E-state index contributed by atoms with van der Waals surface area (Å²) in [7, 11) is 0. The highest BCUT2D eigenvalue weighted by atomic mass is 79.9. The number of carbonyl (C=O) groups excluding carboxylic acids is 3. The van der Waals surface area contributed by atoms with Crippen molar-refractivity contribution in [1.82, 2.24) is 0 Å². The van der Waals surface area contributed by atoms with Crippen molar-refractivity contribution in [2.24, 2.45) is 0 Å². The molecule has 8 heteroatoms. The average molecular weight is 506 g/mol. The number of halogens is 1. The van der Waals surface area contributed by atoms with E-state index in [1.165, 1.54) is 18.2 Å². The van der Waals surface area contributed by atoms with Gasteiger partial charge >= 0.3 is 11.6 Å². The van der Waals surface area contributed by atoms with Gasteiger partial charge in [-0.3, -0.25) is 9.59 Å². The van der Waals surface area contributed by atoms with Crippen LogP contribution in [0.3, 0.4) is 0 Å². The summed E-state index contributed by atoms with van der Waals surface area (Å²) in [6.45, 7) is -0.410. The lowest BCUT2D eigenvalue weighted by Gasteiger charge is -2.08. The Morgan fingerprint density at radius 1 is 0.879 bits per heavy atom. The number of carbonyl (C=O) groups is 3. The van der Waals surface area contributed by atoms with Crippen LogP contribution in [0.1, 0.15) is 31.1 Å². The van der Waals surface area contributed by atoms with Crippen molar-refractivity contribution >= 4 is 50.2 Å². The average Bonchev–Trinajstić information content (AvgIpc) is 2.82. The van der Waals surface area contributed by atoms with Crippen molar-refractivity contribution in [1.29, 1.82) is 0 Å². The molecule has 0 saturated carbocycles. The SMILES string of the molecule is O=C(COC(=O)c1cccc(NC(=O)c2cc3cc(Br)ccc3oc2=O)c1)c1ccccc1. The minimum atomic E-state index is -0.780. The number of esters is 1. The third-order valence-corrected chi connectivity index (χ3v) is 5.22. The van der Waals surface area contributed by atoms with E-state index < -0.39 is 24.1 Å². The summed E-state index contributed by atoms with van der Waals surface area (Å²) in [5.74, 6) is -1.73. The highest BCUT2D eigenvalue weighted by Crippen LogP contribution is 2.20. The summed E-state index contributed by atoms with van der Waals surface area (Å²) in [6, 6.07) is 21.0. The predicted molar refractivity (Wildman–Crippen MR) is 126 cm³/mol. The number of amides is 1. The summed E-state index contributed by atoms with van der Waals surface area (Å²) in [6.07, 6.45) is 0. The van der Waals surface area contributed by atoms with Crippen LogP contribution in [-0.2, 0) is 4.74 Å². The van der Waals surface area contributed by atoms with E-state index in [4.69, 9.17) is 9.15 Å². The number of ether oxygens (including phenoxy) is 1. The zero-order valence-corrected chi connectivity index (χ0v) is 18.6. The van der Waals surface area contributed by atoms with Gasteiger partial charge in [0.05, 0.1) is 5.56 Å². The summed E-state index contributed by atoms with van der Waals surface area (Å²) >= 11 is 3.34. The second-order valence-corrected chi connectivity index (χ2v) is 7.95. The van der Waals surface area contributed by atoms with Crippen LogP contribution in [0.4, 0.5) is 5.69 Å². The Hall–Kier alpha value is -4.04. The first-order valence-electron chi connectivity index (χ1n) is 9.81. The zero-order chi connectivity index (χ0) is 23.4. The molecular formula is C25H16BrNO6. The second-order valence-electron chi connectivity index (χ2n) is 7.03. The van der Waals surface area contributed by atoms with E-state index in [1.54, 1.807) is 60.7 Å². The number of nitrogens with one attached hydrogen (secondary N) is 1. The minimum absolute atomic E-state index is 0.142. The fourth-order valence-electron chi connectivity index (χ4n) is 3.10. The summed E-state index contributed by atoms with van der Waals surface area (Å²) in [5.41, 5.74) is 0.252. The van der Waals surface area contributed by atoms with Crippen molar-refractivity contribution in [2.45, 2.75) is 0 Å². The van der Waals surface area contributed by atoms with Crippen LogP contribution in [0, 0.1) is 0 Å². The number of hydrogen-bond donors (Lipinski definition) is 1. The second kappa shape index (κ2) is 9.62. The van der Waals surface area contributed by atoms with E-state index in [0.29, 0.717) is 16.5 Å². The van der Waals surface area contributed by atoms with Gasteiger partial charge in [-0.25, -0.2) is 9.59 Å². The van der Waals surface area contributed by atoms with Crippen molar-refractivity contribution in [3.05, 3.63) is 110 Å². The number of fused-ring (bicyclic) bond motifs is 1. The molecule has 0 atom stereocenters. The highest BCUT2D eigenvalue weighted by Gasteiger charge is 2.16. The number of benzene rings is 3. The van der Waals surface area contributed by atoms with Crippen LogP contribution < -0.4 is 10.9 Å². The Kier molecular flexibility index (Phi) is 6.46. The Labute approximate surface area is 196 Å². The molecule has 4 rings (SSSR count). The van der Waals surface area contributed by atoms with Gasteiger partial charge in [0.1, 0.15) is 11.1 Å². The monoisotopic (exact) mass is 505 g/mol. The molecule has 164 valence electrons. The van der Waals surface area contributed by atoms with Crippen LogP contribution in [0.5, 0.6) is 0 Å². The van der Waals surface area contributed by atoms with Crippen molar-refractivity contribution < 1.29 is 23.5 Å². The smallest absolute Gasteiger partial charge is 0.349 e. The number of anilines is 1. The van der Waals surface area contributed by atoms with E-state index in [9.17, 15) is 19.2 Å². The molecule has 0 aliphatic carbocycles. The molecule has 33 heavy (non-hydrogen) atoms. The van der Waals surface area contributed by atoms with Gasteiger partial charge in [0.15, 0.2) is 12.4 Å². The molecule has 0 saturated heterocycles. The Bertz CT molecular complexity index is 1430. The number of hydrogen-bond acceptors (Lipinski definition) is 6. The van der Waals surface area contributed by atoms with Gasteiger partial charge in [-0.05, 0) is 42.5 Å². The summed E-state index contributed by atoms with van der Waals surface area (Å²) < 4.78 is 11.1. The highest BCUT2D eigenvalue weighted by molar-refractivity contribution is 9.10. The predicted octanol–water partition coefficient (Wildman–Crippen LogP) is 4.85. The fourth-order valence-corrected chi connectivity index (χ4v) is 3.48. The van der Waals surface area contributed by atoms with Gasteiger partial charge in [-0.15, -0.1) is 0 Å². The summed E-state index contributed by atoms with van der Waals surface area (Å²) in [4.78, 5) is 49.4. The standard InChI is InChI=1S/C25H16BrNO6/c26-18-9-10-22-17(11-18)13-20(25(31)33-22)23(29)27-19-8-4-7-16(12-19)24(30)32-14-21(28)15-5-2-1-3-6-15/h1-13H,14H2,(H,27,29). The fraction of sp³-hybridized carbons (Fsp3) is 0.0400. The Morgan fingerprint density at radius 3 is 2.42 bits per heavy atom. The molecule has 1 amide bonds. The molecule has 3 aromatic carbocycles. The quantitative estimate of drug-likeness (QED) is 0.228. The van der Waals surface area contributed by atoms with Gasteiger partial charge in [-0.1, -0.05) is 52.3 Å². The van der Waals surface area contributed by atoms with Crippen molar-refractivity contribution in [3.63, 3.8) is 0 Å². The first kappa shape index (κ1) is 22.2. The van der Waals surface area contributed by atoms with Crippen molar-refractivity contribution in [2.75, 3.05) is 11.9 Å². The minimum Gasteiger partial charge on any atom is -0.454 e. The number of ketones is 1. The lowest BCUT2D eigenvalue weighted by atomic mass is 10.1. The molecule has 7 nitrogen and oxygen atoms in total. The van der Waals surface area contributed by atoms with E-state index >= 15 is 0 Å². The normalized spacial score (nSPS) is 10.6. The topological polar surface area (TPSA) is 103 Å². The molecule has 0 aliphatic heterocycles. The van der Waals surface area contributed by atoms with E-state index in [2.05, 4.69) is 21.2 Å². The maximum atomic E-state index is 12.7. The van der Waals surface area contributed by atoms with Gasteiger partial charge < -0.3 is 14.5 Å². The first-order chi connectivity index (χ1) is 15.9. The van der Waals surface area contributed by atoms with Crippen molar-refractivity contribution in [3.8, 4) is 0 Å². The van der Waals surface area contributed by atoms with Gasteiger partial charge in [-0.2, -0.15) is 0 Å². The molecule has 0 spiro atoms. The third-order valence-electron chi connectivity index (χ3n) is 4.73. The molecular weight excluding hydrogens is 490 g/mol. The van der Waals surface area contributed by atoms with Gasteiger partial charge in [0, 0.05) is 21.1 Å².